The van der Waals surface area contributed by atoms with Crippen LogP contribution in [0.3, 0.4) is 0 Å². The van der Waals surface area contributed by atoms with Gasteiger partial charge in [-0.1, -0.05) is 60.7 Å². The molecule has 29 heavy (non-hydrogen) atoms. The third kappa shape index (κ3) is 5.72. The summed E-state index contributed by atoms with van der Waals surface area (Å²) in [6.45, 7) is 0.674. The maximum absolute atomic E-state index is 11.1. The van der Waals surface area contributed by atoms with Crippen LogP contribution in [0.15, 0.2) is 84.4 Å². The standard InChI is InChI=1S/C24H19NO4/c25-15-21(24(26)27)13-20-11-12-22(28-16-18-7-3-1-4-8-18)14-23(20)29-17-19-9-5-2-6-10-19/h1-14H,16-17H2,(H,26,27)/p-1/b21-13+. The number of carbonyl (C=O) groups is 1. The molecule has 0 saturated carbocycles. The molecule has 3 aromatic carbocycles. The van der Waals surface area contributed by atoms with E-state index >= 15 is 0 Å². The van der Waals surface area contributed by atoms with E-state index in [9.17, 15) is 9.90 Å². The summed E-state index contributed by atoms with van der Waals surface area (Å²) in [7, 11) is 0. The van der Waals surface area contributed by atoms with Crippen molar-refractivity contribution in [2.45, 2.75) is 13.2 Å². The number of hydrogen-bond acceptors (Lipinski definition) is 5. The summed E-state index contributed by atoms with van der Waals surface area (Å²) in [5, 5.41) is 20.1. The van der Waals surface area contributed by atoms with Gasteiger partial charge in [-0.3, -0.25) is 0 Å². The Morgan fingerprint density at radius 1 is 0.897 bits per heavy atom. The first-order valence-corrected chi connectivity index (χ1v) is 8.96. The SMILES string of the molecule is N#C/C(=C\c1ccc(OCc2ccccc2)cc1OCc1ccccc1)C(=O)[O-]. The first-order chi connectivity index (χ1) is 14.2. The lowest BCUT2D eigenvalue weighted by Crippen LogP contribution is -2.23. The summed E-state index contributed by atoms with van der Waals surface area (Å²) in [6.07, 6.45) is 1.23. The summed E-state index contributed by atoms with van der Waals surface area (Å²) in [6, 6.07) is 26.0. The Balaban J connectivity index is 1.84. The number of carboxylic acid groups (broad SMARTS) is 1. The molecule has 0 amide bonds. The first-order valence-electron chi connectivity index (χ1n) is 8.96. The van der Waals surface area contributed by atoms with Gasteiger partial charge in [-0.2, -0.15) is 5.26 Å². The number of benzene rings is 3. The van der Waals surface area contributed by atoms with E-state index in [2.05, 4.69) is 0 Å². The lowest BCUT2D eigenvalue weighted by Gasteiger charge is -2.13. The maximum atomic E-state index is 11.1. The van der Waals surface area contributed by atoms with E-state index in [1.54, 1.807) is 24.3 Å². The average Bonchev–Trinajstić information content (AvgIpc) is 2.76. The largest absolute Gasteiger partial charge is 0.544 e. The molecule has 3 aromatic rings. The summed E-state index contributed by atoms with van der Waals surface area (Å²) in [5.74, 6) is -0.555. The van der Waals surface area contributed by atoms with Crippen molar-refractivity contribution in [2.75, 3.05) is 0 Å². The van der Waals surface area contributed by atoms with Crippen LogP contribution in [-0.2, 0) is 18.0 Å². The van der Waals surface area contributed by atoms with Crippen LogP contribution in [0, 0.1) is 11.3 Å². The van der Waals surface area contributed by atoms with E-state index in [4.69, 9.17) is 14.7 Å². The zero-order chi connectivity index (χ0) is 20.5. The predicted molar refractivity (Wildman–Crippen MR) is 107 cm³/mol. The van der Waals surface area contributed by atoms with Crippen LogP contribution < -0.4 is 14.6 Å². The van der Waals surface area contributed by atoms with Crippen molar-refractivity contribution in [2.24, 2.45) is 0 Å². The van der Waals surface area contributed by atoms with Gasteiger partial charge in [0.25, 0.3) is 0 Å². The van der Waals surface area contributed by atoms with Crippen molar-refractivity contribution in [1.82, 2.24) is 0 Å². The van der Waals surface area contributed by atoms with Crippen LogP contribution >= 0.6 is 0 Å². The van der Waals surface area contributed by atoms with E-state index in [0.717, 1.165) is 11.1 Å². The van der Waals surface area contributed by atoms with Crippen LogP contribution in [0.2, 0.25) is 0 Å². The predicted octanol–water partition coefficient (Wildman–Crippen LogP) is 3.50. The number of carboxylic acids is 1. The Labute approximate surface area is 169 Å². The molecule has 5 nitrogen and oxygen atoms in total. The first kappa shape index (κ1) is 19.7. The normalized spacial score (nSPS) is 10.8. The van der Waals surface area contributed by atoms with Gasteiger partial charge in [-0.05, 0) is 29.3 Å². The Kier molecular flexibility index (Phi) is 6.64. The number of hydrogen-bond donors (Lipinski definition) is 0. The molecular weight excluding hydrogens is 366 g/mol. The number of nitrogens with zero attached hydrogens (tertiary/aromatic N) is 1. The fourth-order valence-corrected chi connectivity index (χ4v) is 2.62. The number of carbonyl (C=O) groups excluding carboxylic acids is 1. The molecule has 0 atom stereocenters. The highest BCUT2D eigenvalue weighted by atomic mass is 16.5. The maximum Gasteiger partial charge on any atom is 0.130 e. The van der Waals surface area contributed by atoms with Gasteiger partial charge in [0.2, 0.25) is 0 Å². The molecule has 0 aliphatic carbocycles. The highest BCUT2D eigenvalue weighted by molar-refractivity contribution is 5.95. The van der Waals surface area contributed by atoms with Crippen molar-refractivity contribution < 1.29 is 19.4 Å². The lowest BCUT2D eigenvalue weighted by molar-refractivity contribution is -0.298. The number of ether oxygens (including phenoxy) is 2. The molecule has 0 radical (unpaired) electrons. The number of aliphatic carboxylic acids is 1. The number of nitriles is 1. The van der Waals surface area contributed by atoms with Gasteiger partial charge >= 0.3 is 0 Å². The Bertz CT molecular complexity index is 1040. The summed E-state index contributed by atoms with van der Waals surface area (Å²) < 4.78 is 11.7. The van der Waals surface area contributed by atoms with E-state index in [1.165, 1.54) is 6.08 Å². The van der Waals surface area contributed by atoms with Crippen molar-refractivity contribution in [3.63, 3.8) is 0 Å². The lowest BCUT2D eigenvalue weighted by atomic mass is 10.1. The molecule has 0 fully saturated rings. The highest BCUT2D eigenvalue weighted by Gasteiger charge is 2.08. The minimum Gasteiger partial charge on any atom is -0.544 e. The summed E-state index contributed by atoms with van der Waals surface area (Å²) in [5.41, 5.74) is 1.95. The van der Waals surface area contributed by atoms with E-state index in [1.807, 2.05) is 60.7 Å². The minimum absolute atomic E-state index is 0.289. The highest BCUT2D eigenvalue weighted by Crippen LogP contribution is 2.28. The van der Waals surface area contributed by atoms with Gasteiger partial charge in [0.05, 0.1) is 11.5 Å². The molecule has 0 aliphatic heterocycles. The molecule has 144 valence electrons. The molecule has 0 heterocycles. The van der Waals surface area contributed by atoms with Gasteiger partial charge < -0.3 is 19.4 Å². The molecular formula is C24H18NO4-. The van der Waals surface area contributed by atoms with Gasteiger partial charge in [0.15, 0.2) is 0 Å². The monoisotopic (exact) mass is 384 g/mol. The van der Waals surface area contributed by atoms with Gasteiger partial charge in [0, 0.05) is 11.6 Å². The van der Waals surface area contributed by atoms with Gasteiger partial charge in [0.1, 0.15) is 30.8 Å². The van der Waals surface area contributed by atoms with Crippen LogP contribution in [0.5, 0.6) is 11.5 Å². The minimum atomic E-state index is -1.54. The van der Waals surface area contributed by atoms with Crippen molar-refractivity contribution in [3.05, 3.63) is 101 Å². The molecule has 0 aliphatic rings. The second-order valence-corrected chi connectivity index (χ2v) is 6.21. The Hall–Kier alpha value is -4.04. The van der Waals surface area contributed by atoms with Crippen molar-refractivity contribution in [3.8, 4) is 17.6 Å². The molecule has 0 spiro atoms. The van der Waals surface area contributed by atoms with Gasteiger partial charge in [-0.15, -0.1) is 0 Å². The van der Waals surface area contributed by atoms with E-state index < -0.39 is 11.5 Å². The fraction of sp³-hybridized carbons (Fsp3) is 0.0833. The molecule has 0 unspecified atom stereocenters. The van der Waals surface area contributed by atoms with Crippen LogP contribution in [-0.4, -0.2) is 5.97 Å². The van der Waals surface area contributed by atoms with Crippen molar-refractivity contribution >= 4 is 12.0 Å². The third-order valence-electron chi connectivity index (χ3n) is 4.11. The van der Waals surface area contributed by atoms with Crippen LogP contribution in [0.25, 0.3) is 6.08 Å². The molecule has 5 heteroatoms. The van der Waals surface area contributed by atoms with E-state index in [-0.39, 0.29) is 6.61 Å². The van der Waals surface area contributed by atoms with Gasteiger partial charge in [-0.25, -0.2) is 0 Å². The van der Waals surface area contributed by atoms with Crippen LogP contribution in [0.1, 0.15) is 16.7 Å². The van der Waals surface area contributed by atoms with Crippen LogP contribution in [0.4, 0.5) is 0 Å². The molecule has 0 saturated heterocycles. The smallest absolute Gasteiger partial charge is 0.130 e. The Morgan fingerprint density at radius 3 is 2.03 bits per heavy atom. The van der Waals surface area contributed by atoms with E-state index in [0.29, 0.717) is 23.7 Å². The summed E-state index contributed by atoms with van der Waals surface area (Å²) in [4.78, 5) is 11.1. The average molecular weight is 384 g/mol. The fourth-order valence-electron chi connectivity index (χ4n) is 2.62. The topological polar surface area (TPSA) is 82.4 Å². The van der Waals surface area contributed by atoms with Crippen molar-refractivity contribution in [1.29, 1.82) is 5.26 Å². The second kappa shape index (κ2) is 9.77. The Morgan fingerprint density at radius 2 is 1.48 bits per heavy atom. The number of rotatable bonds is 8. The quantitative estimate of drug-likeness (QED) is 0.438. The second-order valence-electron chi connectivity index (χ2n) is 6.21. The zero-order valence-corrected chi connectivity index (χ0v) is 15.6. The zero-order valence-electron chi connectivity index (χ0n) is 15.6. The summed E-state index contributed by atoms with van der Waals surface area (Å²) >= 11 is 0. The third-order valence-corrected chi connectivity index (χ3v) is 4.11. The molecule has 0 N–H and O–H groups in total. The molecule has 0 aromatic heterocycles. The molecule has 3 rings (SSSR count). The molecule has 0 bridgehead atoms.